The van der Waals surface area contributed by atoms with Crippen LogP contribution in [0, 0.1) is 5.82 Å². The summed E-state index contributed by atoms with van der Waals surface area (Å²) in [4.78, 5) is 20.6. The van der Waals surface area contributed by atoms with E-state index in [4.69, 9.17) is 4.74 Å². The lowest BCUT2D eigenvalue weighted by atomic mass is 10.1. The lowest BCUT2D eigenvalue weighted by Gasteiger charge is -2.38. The fourth-order valence-corrected chi connectivity index (χ4v) is 5.63. The van der Waals surface area contributed by atoms with E-state index in [1.807, 2.05) is 0 Å². The van der Waals surface area contributed by atoms with E-state index in [1.165, 1.54) is 22.8 Å². The Kier molecular flexibility index (Phi) is 5.66. The van der Waals surface area contributed by atoms with Gasteiger partial charge in [0.2, 0.25) is 0 Å². The molecule has 9 nitrogen and oxygen atoms in total. The predicted molar refractivity (Wildman–Crippen MR) is 111 cm³/mol. The molecule has 0 spiro atoms. The van der Waals surface area contributed by atoms with Crippen molar-refractivity contribution in [3.63, 3.8) is 0 Å². The first-order valence-corrected chi connectivity index (χ1v) is 11.6. The van der Waals surface area contributed by atoms with Crippen LogP contribution < -0.4 is 14.8 Å². The summed E-state index contributed by atoms with van der Waals surface area (Å²) in [5, 5.41) is 2.67. The number of rotatable bonds is 6. The number of hydrogen-bond donors (Lipinski definition) is 1. The third-order valence-corrected chi connectivity index (χ3v) is 7.09. The van der Waals surface area contributed by atoms with E-state index in [9.17, 15) is 30.8 Å². The number of alkyl halides is 3. The highest BCUT2D eigenvalue weighted by molar-refractivity contribution is 7.93. The first kappa shape index (κ1) is 23.7. The van der Waals surface area contributed by atoms with Gasteiger partial charge < -0.3 is 19.4 Å². The molecule has 3 heterocycles. The molecule has 0 radical (unpaired) electrons. The molecule has 0 bridgehead atoms. The summed E-state index contributed by atoms with van der Waals surface area (Å²) in [6.07, 6.45) is -3.88. The SMILES string of the molecule is Cn1c(C(=O)NC2(C)CS(=O)(=O)C2)nc2ccc(Oc3ncc(F)cc3OCC(F)(F)F)cc21. The van der Waals surface area contributed by atoms with Crippen LogP contribution in [0.2, 0.25) is 0 Å². The maximum atomic E-state index is 13.5. The second kappa shape index (κ2) is 8.11. The van der Waals surface area contributed by atoms with Crippen molar-refractivity contribution in [3.8, 4) is 17.4 Å². The second-order valence-electron chi connectivity index (χ2n) is 8.15. The van der Waals surface area contributed by atoms with Gasteiger partial charge in [0, 0.05) is 19.2 Å². The number of nitrogens with one attached hydrogen (secondary N) is 1. The van der Waals surface area contributed by atoms with Crippen LogP contribution in [0.15, 0.2) is 30.5 Å². The van der Waals surface area contributed by atoms with Gasteiger partial charge in [0.25, 0.3) is 11.8 Å². The van der Waals surface area contributed by atoms with Crippen LogP contribution in [0.25, 0.3) is 11.0 Å². The van der Waals surface area contributed by atoms with Gasteiger partial charge in [0.15, 0.2) is 28.0 Å². The van der Waals surface area contributed by atoms with Gasteiger partial charge in [-0.25, -0.2) is 22.8 Å². The number of nitrogens with zero attached hydrogens (tertiary/aromatic N) is 3. The smallest absolute Gasteiger partial charge is 0.422 e. The van der Waals surface area contributed by atoms with Gasteiger partial charge in [-0.15, -0.1) is 0 Å². The summed E-state index contributed by atoms with van der Waals surface area (Å²) in [6.45, 7) is -0.0390. The number of imidazole rings is 1. The largest absolute Gasteiger partial charge is 0.478 e. The molecule has 3 aromatic rings. The number of sulfone groups is 1. The summed E-state index contributed by atoms with van der Waals surface area (Å²) in [7, 11) is -1.61. The predicted octanol–water partition coefficient (Wildman–Crippen LogP) is 2.76. The summed E-state index contributed by atoms with van der Waals surface area (Å²) in [5.41, 5.74) is -0.0375. The molecule has 1 aliphatic heterocycles. The zero-order valence-corrected chi connectivity index (χ0v) is 18.6. The molecule has 1 aliphatic rings. The number of fused-ring (bicyclic) bond motifs is 1. The summed E-state index contributed by atoms with van der Waals surface area (Å²) in [6, 6.07) is 5.14. The Balaban J connectivity index is 1.57. The average Bonchev–Trinajstić information content (AvgIpc) is 3.02. The number of ether oxygens (including phenoxy) is 2. The summed E-state index contributed by atoms with van der Waals surface area (Å²) >= 11 is 0. The molecule has 0 saturated carbocycles. The molecule has 0 atom stereocenters. The minimum atomic E-state index is -4.64. The Morgan fingerprint density at radius 2 is 1.97 bits per heavy atom. The Hall–Kier alpha value is -3.42. The number of carbonyl (C=O) groups excluding carboxylic acids is 1. The molecular weight excluding hydrogens is 484 g/mol. The van der Waals surface area contributed by atoms with Crippen LogP contribution in [0.4, 0.5) is 17.6 Å². The van der Waals surface area contributed by atoms with Gasteiger partial charge in [-0.05, 0) is 19.1 Å². The van der Waals surface area contributed by atoms with Gasteiger partial charge in [-0.2, -0.15) is 13.2 Å². The molecule has 34 heavy (non-hydrogen) atoms. The van der Waals surface area contributed by atoms with Crippen LogP contribution in [0.1, 0.15) is 17.5 Å². The zero-order chi connectivity index (χ0) is 24.9. The summed E-state index contributed by atoms with van der Waals surface area (Å²) in [5.74, 6) is -2.59. The van der Waals surface area contributed by atoms with Gasteiger partial charge in [0.05, 0.1) is 34.3 Å². The Morgan fingerprint density at radius 3 is 2.62 bits per heavy atom. The first-order valence-electron chi connectivity index (χ1n) is 9.76. The number of aromatic nitrogens is 3. The van der Waals surface area contributed by atoms with Crippen molar-refractivity contribution in [1.82, 2.24) is 19.9 Å². The van der Waals surface area contributed by atoms with Crippen LogP contribution in [-0.4, -0.2) is 58.7 Å². The Labute approximate surface area is 190 Å². The lowest BCUT2D eigenvalue weighted by molar-refractivity contribution is -0.153. The minimum absolute atomic E-state index is 0.0202. The lowest BCUT2D eigenvalue weighted by Crippen LogP contribution is -2.63. The number of aryl methyl sites for hydroxylation is 1. The van der Waals surface area contributed by atoms with E-state index in [-0.39, 0.29) is 29.0 Å². The topological polar surface area (TPSA) is 112 Å². The number of amides is 1. The van der Waals surface area contributed by atoms with Crippen molar-refractivity contribution in [2.24, 2.45) is 7.05 Å². The monoisotopic (exact) mass is 502 g/mol. The number of carbonyl (C=O) groups is 1. The van der Waals surface area contributed by atoms with Crippen molar-refractivity contribution in [2.75, 3.05) is 18.1 Å². The number of benzene rings is 1. The van der Waals surface area contributed by atoms with Gasteiger partial charge >= 0.3 is 6.18 Å². The molecule has 4 rings (SSSR count). The minimum Gasteiger partial charge on any atom is -0.478 e. The molecule has 14 heteroatoms. The van der Waals surface area contributed by atoms with Crippen molar-refractivity contribution in [3.05, 3.63) is 42.1 Å². The average molecular weight is 502 g/mol. The van der Waals surface area contributed by atoms with E-state index in [0.717, 1.165) is 12.3 Å². The molecular formula is C20H18F4N4O5S. The maximum absolute atomic E-state index is 13.5. The van der Waals surface area contributed by atoms with E-state index in [2.05, 4.69) is 20.0 Å². The number of hydrogen-bond acceptors (Lipinski definition) is 7. The summed E-state index contributed by atoms with van der Waals surface area (Å²) < 4.78 is 85.5. The molecule has 2 aromatic heterocycles. The van der Waals surface area contributed by atoms with Crippen LogP contribution in [0.3, 0.4) is 0 Å². The number of halogens is 4. The standard InChI is InChI=1S/C20H18F4N4O5S/c1-19(9-34(30,31)10-19)27-17(29)16-26-13-4-3-12(6-14(13)28(16)2)33-18-15(5-11(21)7-25-18)32-8-20(22,23)24/h3-7H,8-10H2,1-2H3,(H,27,29). The molecule has 1 aromatic carbocycles. The van der Waals surface area contributed by atoms with E-state index in [0.29, 0.717) is 11.0 Å². The molecule has 0 aliphatic carbocycles. The highest BCUT2D eigenvalue weighted by Gasteiger charge is 2.46. The Bertz CT molecular complexity index is 1380. The highest BCUT2D eigenvalue weighted by Crippen LogP contribution is 2.33. The molecule has 1 fully saturated rings. The van der Waals surface area contributed by atoms with E-state index < -0.39 is 45.6 Å². The highest BCUT2D eigenvalue weighted by atomic mass is 32.2. The van der Waals surface area contributed by atoms with Crippen molar-refractivity contribution in [2.45, 2.75) is 18.6 Å². The van der Waals surface area contributed by atoms with Gasteiger partial charge in [-0.3, -0.25) is 4.79 Å². The third-order valence-electron chi connectivity index (χ3n) is 4.94. The fourth-order valence-electron chi connectivity index (χ4n) is 3.63. The Morgan fingerprint density at radius 1 is 1.26 bits per heavy atom. The van der Waals surface area contributed by atoms with E-state index in [1.54, 1.807) is 14.0 Å². The van der Waals surface area contributed by atoms with Crippen molar-refractivity contribution in [1.29, 1.82) is 0 Å². The zero-order valence-electron chi connectivity index (χ0n) is 17.8. The van der Waals surface area contributed by atoms with Crippen molar-refractivity contribution >= 4 is 26.8 Å². The van der Waals surface area contributed by atoms with E-state index >= 15 is 0 Å². The molecule has 1 N–H and O–H groups in total. The maximum Gasteiger partial charge on any atom is 0.422 e. The van der Waals surface area contributed by atoms with Crippen LogP contribution in [0.5, 0.6) is 17.4 Å². The second-order valence-corrected chi connectivity index (χ2v) is 10.2. The molecule has 1 amide bonds. The van der Waals surface area contributed by atoms with Gasteiger partial charge in [0.1, 0.15) is 11.6 Å². The van der Waals surface area contributed by atoms with Crippen molar-refractivity contribution < 1.29 is 40.2 Å². The third kappa shape index (κ3) is 5.05. The quantitative estimate of drug-likeness (QED) is 0.516. The molecule has 1 saturated heterocycles. The normalized spacial score (nSPS) is 16.6. The molecule has 0 unspecified atom stereocenters. The van der Waals surface area contributed by atoms with Gasteiger partial charge in [-0.1, -0.05) is 0 Å². The van der Waals surface area contributed by atoms with Crippen LogP contribution >= 0.6 is 0 Å². The first-order chi connectivity index (χ1) is 15.7. The van der Waals surface area contributed by atoms with Crippen LogP contribution in [-0.2, 0) is 16.9 Å². The number of pyridine rings is 1. The fraction of sp³-hybridized carbons (Fsp3) is 0.350. The molecule has 182 valence electrons.